The third-order valence-electron chi connectivity index (χ3n) is 4.44. The fourth-order valence-electron chi connectivity index (χ4n) is 3.17. The molecule has 1 aromatic heterocycles. The molecule has 0 unspecified atom stereocenters. The lowest BCUT2D eigenvalue weighted by Crippen LogP contribution is -2.24. The van der Waals surface area contributed by atoms with Crippen LogP contribution in [-0.4, -0.2) is 26.4 Å². The van der Waals surface area contributed by atoms with Crippen LogP contribution in [0.3, 0.4) is 0 Å². The zero-order valence-electron chi connectivity index (χ0n) is 14.4. The molecule has 0 bridgehead atoms. The van der Waals surface area contributed by atoms with Crippen LogP contribution in [0, 0.1) is 0 Å². The first-order valence-corrected chi connectivity index (χ1v) is 9.74. The van der Waals surface area contributed by atoms with Crippen molar-refractivity contribution in [1.29, 1.82) is 0 Å². The van der Waals surface area contributed by atoms with Crippen LogP contribution < -0.4 is 5.32 Å². The van der Waals surface area contributed by atoms with Crippen molar-refractivity contribution in [3.63, 3.8) is 0 Å². The predicted molar refractivity (Wildman–Crippen MR) is 100 cm³/mol. The number of rotatable bonds is 8. The molecule has 0 aliphatic heterocycles. The first-order chi connectivity index (χ1) is 12.3. The lowest BCUT2D eigenvalue weighted by molar-refractivity contribution is -0.118. The molecule has 1 fully saturated rings. The second-order valence-corrected chi connectivity index (χ2v) is 7.21. The smallest absolute Gasteiger partial charge is 0.230 e. The van der Waals surface area contributed by atoms with E-state index < -0.39 is 0 Å². The zero-order valence-corrected chi connectivity index (χ0v) is 15.2. The SMILES string of the molecule is C=CCn1c(SCC(=O)NCc2ccccc2)nnc1C1CCCC1. The summed E-state index contributed by atoms with van der Waals surface area (Å²) < 4.78 is 2.11. The molecule has 0 saturated heterocycles. The molecule has 0 radical (unpaired) electrons. The fourth-order valence-corrected chi connectivity index (χ4v) is 3.96. The topological polar surface area (TPSA) is 59.8 Å². The Hall–Kier alpha value is -2.08. The number of benzene rings is 1. The molecule has 6 heteroatoms. The zero-order chi connectivity index (χ0) is 17.5. The minimum absolute atomic E-state index is 0.00409. The van der Waals surface area contributed by atoms with Crippen molar-refractivity contribution in [2.24, 2.45) is 0 Å². The molecular formula is C19H24N4OS. The number of nitrogens with one attached hydrogen (secondary N) is 1. The van der Waals surface area contributed by atoms with E-state index in [0.29, 0.717) is 24.8 Å². The summed E-state index contributed by atoms with van der Waals surface area (Å²) in [6.07, 6.45) is 6.74. The van der Waals surface area contributed by atoms with Crippen molar-refractivity contribution in [3.05, 3.63) is 54.4 Å². The number of allylic oxidation sites excluding steroid dienone is 1. The van der Waals surface area contributed by atoms with E-state index in [1.807, 2.05) is 36.4 Å². The van der Waals surface area contributed by atoms with Crippen molar-refractivity contribution in [2.75, 3.05) is 5.75 Å². The van der Waals surface area contributed by atoms with Crippen LogP contribution in [0.2, 0.25) is 0 Å². The van der Waals surface area contributed by atoms with Gasteiger partial charge in [-0.05, 0) is 18.4 Å². The highest BCUT2D eigenvalue weighted by atomic mass is 32.2. The maximum atomic E-state index is 12.1. The molecule has 132 valence electrons. The van der Waals surface area contributed by atoms with Crippen LogP contribution >= 0.6 is 11.8 Å². The molecule has 1 heterocycles. The Morgan fingerprint density at radius 2 is 2.04 bits per heavy atom. The highest BCUT2D eigenvalue weighted by Crippen LogP contribution is 2.34. The number of aromatic nitrogens is 3. The molecule has 1 amide bonds. The third kappa shape index (κ3) is 4.72. The van der Waals surface area contributed by atoms with Gasteiger partial charge in [0, 0.05) is 19.0 Å². The van der Waals surface area contributed by atoms with Gasteiger partial charge in [0.05, 0.1) is 5.75 Å². The standard InChI is InChI=1S/C19H24N4OS/c1-2-12-23-18(16-10-6-7-11-16)21-22-19(23)25-14-17(24)20-13-15-8-4-3-5-9-15/h2-5,8-9,16H,1,6-7,10-14H2,(H,20,24). The van der Waals surface area contributed by atoms with Crippen molar-refractivity contribution in [3.8, 4) is 0 Å². The van der Waals surface area contributed by atoms with Gasteiger partial charge < -0.3 is 9.88 Å². The molecule has 1 aliphatic rings. The Morgan fingerprint density at radius 1 is 1.28 bits per heavy atom. The summed E-state index contributed by atoms with van der Waals surface area (Å²) in [5, 5.41) is 12.5. The van der Waals surface area contributed by atoms with Gasteiger partial charge in [0.25, 0.3) is 0 Å². The molecule has 3 rings (SSSR count). The van der Waals surface area contributed by atoms with E-state index in [-0.39, 0.29) is 5.91 Å². The summed E-state index contributed by atoms with van der Waals surface area (Å²) in [6, 6.07) is 9.91. The monoisotopic (exact) mass is 356 g/mol. The third-order valence-corrected chi connectivity index (χ3v) is 5.41. The van der Waals surface area contributed by atoms with E-state index in [9.17, 15) is 4.79 Å². The molecule has 5 nitrogen and oxygen atoms in total. The van der Waals surface area contributed by atoms with Gasteiger partial charge in [0.15, 0.2) is 5.16 Å². The van der Waals surface area contributed by atoms with E-state index in [2.05, 4.69) is 26.7 Å². The maximum absolute atomic E-state index is 12.1. The van der Waals surface area contributed by atoms with Crippen molar-refractivity contribution in [2.45, 2.75) is 49.8 Å². The van der Waals surface area contributed by atoms with Gasteiger partial charge in [-0.2, -0.15) is 0 Å². The number of hydrogen-bond donors (Lipinski definition) is 1. The molecule has 1 N–H and O–H groups in total. The van der Waals surface area contributed by atoms with Crippen LogP contribution in [0.15, 0.2) is 48.1 Å². The minimum Gasteiger partial charge on any atom is -0.351 e. The normalized spacial score (nSPS) is 14.6. The lowest BCUT2D eigenvalue weighted by Gasteiger charge is -2.12. The Morgan fingerprint density at radius 3 is 2.76 bits per heavy atom. The van der Waals surface area contributed by atoms with Gasteiger partial charge in [-0.15, -0.1) is 16.8 Å². The maximum Gasteiger partial charge on any atom is 0.230 e. The number of thioether (sulfide) groups is 1. The summed E-state index contributed by atoms with van der Waals surface area (Å²) in [6.45, 7) is 5.07. The van der Waals surface area contributed by atoms with Gasteiger partial charge in [-0.25, -0.2) is 0 Å². The number of nitrogens with zero attached hydrogens (tertiary/aromatic N) is 3. The van der Waals surface area contributed by atoms with Crippen LogP contribution in [0.4, 0.5) is 0 Å². The average Bonchev–Trinajstić information content (AvgIpc) is 3.29. The quantitative estimate of drug-likeness (QED) is 0.581. The summed E-state index contributed by atoms with van der Waals surface area (Å²) in [7, 11) is 0. The van der Waals surface area contributed by atoms with Crippen molar-refractivity contribution < 1.29 is 4.79 Å². The second kappa shape index (κ2) is 8.85. The number of amides is 1. The van der Waals surface area contributed by atoms with Crippen LogP contribution in [-0.2, 0) is 17.9 Å². The molecule has 2 aromatic rings. The number of hydrogen-bond acceptors (Lipinski definition) is 4. The second-order valence-electron chi connectivity index (χ2n) is 6.27. The van der Waals surface area contributed by atoms with E-state index in [4.69, 9.17) is 0 Å². The van der Waals surface area contributed by atoms with Crippen molar-refractivity contribution in [1.82, 2.24) is 20.1 Å². The number of carbonyl (C=O) groups is 1. The molecule has 1 aliphatic carbocycles. The largest absolute Gasteiger partial charge is 0.351 e. The van der Waals surface area contributed by atoms with Crippen LogP contribution in [0.5, 0.6) is 0 Å². The molecule has 0 spiro atoms. The Kier molecular flexibility index (Phi) is 6.28. The van der Waals surface area contributed by atoms with E-state index >= 15 is 0 Å². The highest BCUT2D eigenvalue weighted by molar-refractivity contribution is 7.99. The molecule has 1 aromatic carbocycles. The fraction of sp³-hybridized carbons (Fsp3) is 0.421. The van der Waals surface area contributed by atoms with Gasteiger partial charge >= 0.3 is 0 Å². The minimum atomic E-state index is 0.00409. The highest BCUT2D eigenvalue weighted by Gasteiger charge is 2.24. The lowest BCUT2D eigenvalue weighted by atomic mass is 10.1. The summed E-state index contributed by atoms with van der Waals surface area (Å²) in [4.78, 5) is 12.1. The first kappa shape index (κ1) is 17.7. The van der Waals surface area contributed by atoms with E-state index in [0.717, 1.165) is 16.5 Å². The summed E-state index contributed by atoms with van der Waals surface area (Å²) >= 11 is 1.44. The van der Waals surface area contributed by atoms with E-state index in [1.54, 1.807) is 0 Å². The number of carbonyl (C=O) groups excluding carboxylic acids is 1. The van der Waals surface area contributed by atoms with Crippen molar-refractivity contribution >= 4 is 17.7 Å². The van der Waals surface area contributed by atoms with Gasteiger partial charge in [-0.1, -0.05) is 61.0 Å². The molecule has 25 heavy (non-hydrogen) atoms. The Balaban J connectivity index is 1.56. The van der Waals surface area contributed by atoms with Crippen LogP contribution in [0.25, 0.3) is 0 Å². The van der Waals surface area contributed by atoms with Gasteiger partial charge in [-0.3, -0.25) is 4.79 Å². The summed E-state index contributed by atoms with van der Waals surface area (Å²) in [5.74, 6) is 1.88. The summed E-state index contributed by atoms with van der Waals surface area (Å²) in [5.41, 5.74) is 1.10. The van der Waals surface area contributed by atoms with Gasteiger partial charge in [0.1, 0.15) is 5.82 Å². The van der Waals surface area contributed by atoms with E-state index in [1.165, 1.54) is 37.4 Å². The predicted octanol–water partition coefficient (Wildman–Crippen LogP) is 3.53. The Bertz CT molecular complexity index is 707. The first-order valence-electron chi connectivity index (χ1n) is 8.75. The average molecular weight is 356 g/mol. The van der Waals surface area contributed by atoms with Crippen LogP contribution in [0.1, 0.15) is 43.0 Å². The van der Waals surface area contributed by atoms with Gasteiger partial charge in [0.2, 0.25) is 5.91 Å². The molecule has 0 atom stereocenters. The Labute approximate surface area is 152 Å². The molecular weight excluding hydrogens is 332 g/mol. The molecule has 1 saturated carbocycles.